The first kappa shape index (κ1) is 18.5. The molecule has 1 N–H and O–H groups in total. The fraction of sp³-hybridized carbons (Fsp3) is 0.667. The Morgan fingerprint density at radius 3 is 2.91 bits per heavy atom. The molecule has 1 aliphatic rings. The molecule has 0 spiro atoms. The normalized spacial score (nSPS) is 24.0. The van der Waals surface area contributed by atoms with Crippen molar-refractivity contribution >= 4 is 11.6 Å². The Morgan fingerprint density at radius 2 is 2.22 bits per heavy atom. The van der Waals surface area contributed by atoms with Crippen LogP contribution < -0.4 is 4.74 Å². The molecule has 0 aromatic heterocycles. The number of nitrogens with zero attached hydrogens (tertiary/aromatic N) is 2. The fourth-order valence-electron chi connectivity index (χ4n) is 3.11. The summed E-state index contributed by atoms with van der Waals surface area (Å²) in [7, 11) is 4.26. The third kappa shape index (κ3) is 5.35. The summed E-state index contributed by atoms with van der Waals surface area (Å²) in [6, 6.07) is 6.79. The molecule has 0 aliphatic carbocycles. The lowest BCUT2D eigenvalue weighted by Gasteiger charge is -2.39. The zero-order chi connectivity index (χ0) is 17.0. The topological polar surface area (TPSA) is 35.9 Å². The number of likely N-dealkylation sites (N-methyl/N-ethyl adjacent to an activating group) is 1. The second-order valence-corrected chi connectivity index (χ2v) is 7.25. The lowest BCUT2D eigenvalue weighted by molar-refractivity contribution is 0.0405. The van der Waals surface area contributed by atoms with Crippen molar-refractivity contribution in [3.05, 3.63) is 28.8 Å². The van der Waals surface area contributed by atoms with Gasteiger partial charge in [-0.25, -0.2) is 0 Å². The lowest BCUT2D eigenvalue weighted by atomic mass is 9.97. The highest BCUT2D eigenvalue weighted by molar-refractivity contribution is 6.32. The van der Waals surface area contributed by atoms with E-state index in [1.54, 1.807) is 0 Å². The summed E-state index contributed by atoms with van der Waals surface area (Å²) >= 11 is 6.12. The van der Waals surface area contributed by atoms with E-state index in [0.717, 1.165) is 24.9 Å². The molecule has 1 aromatic carbocycles. The van der Waals surface area contributed by atoms with E-state index in [0.29, 0.717) is 29.4 Å². The number of benzene rings is 1. The Bertz CT molecular complexity index is 512. The molecule has 0 radical (unpaired) electrons. The minimum atomic E-state index is -0.522. The largest absolute Gasteiger partial charge is 0.489 e. The minimum Gasteiger partial charge on any atom is -0.489 e. The minimum absolute atomic E-state index is 0.260. The van der Waals surface area contributed by atoms with Crippen LogP contribution in [-0.2, 0) is 0 Å². The predicted molar refractivity (Wildman–Crippen MR) is 95.4 cm³/mol. The summed E-state index contributed by atoms with van der Waals surface area (Å²) < 4.78 is 5.69. The maximum absolute atomic E-state index is 10.3. The number of aryl methyl sites for hydroxylation is 1. The molecule has 1 aromatic rings. The van der Waals surface area contributed by atoms with Crippen LogP contribution in [0.1, 0.15) is 25.3 Å². The molecule has 4 nitrogen and oxygen atoms in total. The Labute approximate surface area is 145 Å². The van der Waals surface area contributed by atoms with Crippen molar-refractivity contribution in [1.82, 2.24) is 9.80 Å². The van der Waals surface area contributed by atoms with Gasteiger partial charge in [-0.1, -0.05) is 17.7 Å². The maximum Gasteiger partial charge on any atom is 0.138 e. The van der Waals surface area contributed by atoms with E-state index in [2.05, 4.69) is 30.8 Å². The highest BCUT2D eigenvalue weighted by Crippen LogP contribution is 2.25. The van der Waals surface area contributed by atoms with Gasteiger partial charge in [-0.05, 0) is 65.0 Å². The second-order valence-electron chi connectivity index (χ2n) is 6.85. The molecule has 2 rings (SSSR count). The summed E-state index contributed by atoms with van der Waals surface area (Å²) in [6.45, 7) is 6.25. The molecule has 5 heteroatoms. The fourth-order valence-corrected chi connectivity index (χ4v) is 3.28. The van der Waals surface area contributed by atoms with E-state index in [-0.39, 0.29) is 6.61 Å². The lowest BCUT2D eigenvalue weighted by Crippen LogP contribution is -2.48. The van der Waals surface area contributed by atoms with E-state index < -0.39 is 6.10 Å². The second kappa shape index (κ2) is 8.34. The molecule has 0 unspecified atom stereocenters. The van der Waals surface area contributed by atoms with E-state index >= 15 is 0 Å². The number of halogens is 1. The van der Waals surface area contributed by atoms with E-state index in [1.807, 2.05) is 25.1 Å². The SMILES string of the molecule is Cc1ccc(Cl)c(OC[C@H](O)CN(C)[C@@H]2CCN(C)[C@@H](C)C2)c1. The highest BCUT2D eigenvalue weighted by atomic mass is 35.5. The van der Waals surface area contributed by atoms with Crippen molar-refractivity contribution in [2.24, 2.45) is 0 Å². The van der Waals surface area contributed by atoms with Crippen molar-refractivity contribution in [2.75, 3.05) is 33.8 Å². The Balaban J connectivity index is 1.80. The third-order valence-electron chi connectivity index (χ3n) is 4.82. The molecule has 130 valence electrons. The molecule has 3 atom stereocenters. The zero-order valence-corrected chi connectivity index (χ0v) is 15.4. The van der Waals surface area contributed by atoms with Crippen molar-refractivity contribution in [3.8, 4) is 5.75 Å². The van der Waals surface area contributed by atoms with Crippen LogP contribution in [0.5, 0.6) is 5.75 Å². The molecular weight excluding hydrogens is 312 g/mol. The quantitative estimate of drug-likeness (QED) is 0.863. The van der Waals surface area contributed by atoms with Crippen LogP contribution in [0.4, 0.5) is 0 Å². The van der Waals surface area contributed by atoms with Gasteiger partial charge in [0.1, 0.15) is 18.5 Å². The molecule has 23 heavy (non-hydrogen) atoms. The summed E-state index contributed by atoms with van der Waals surface area (Å²) in [5.74, 6) is 0.640. The molecule has 1 fully saturated rings. The standard InChI is InChI=1S/C18H29ClN2O2/c1-13-5-6-17(19)18(9-13)23-12-16(22)11-21(4)15-7-8-20(3)14(2)10-15/h5-6,9,14-16,22H,7-8,10-12H2,1-4H3/t14-,15+,16+/m0/s1. The van der Waals surface area contributed by atoms with Crippen LogP contribution in [0.3, 0.4) is 0 Å². The summed E-state index contributed by atoms with van der Waals surface area (Å²) in [4.78, 5) is 4.65. The van der Waals surface area contributed by atoms with Crippen LogP contribution in [0.2, 0.25) is 5.02 Å². The van der Waals surface area contributed by atoms with Gasteiger partial charge in [-0.2, -0.15) is 0 Å². The first-order valence-corrected chi connectivity index (χ1v) is 8.72. The first-order valence-electron chi connectivity index (χ1n) is 8.34. The first-order chi connectivity index (χ1) is 10.9. The smallest absolute Gasteiger partial charge is 0.138 e. The molecule has 0 saturated carbocycles. The van der Waals surface area contributed by atoms with Gasteiger partial charge in [-0.15, -0.1) is 0 Å². The molecular formula is C18H29ClN2O2. The zero-order valence-electron chi connectivity index (χ0n) is 14.6. The summed E-state index contributed by atoms with van der Waals surface area (Å²) in [6.07, 6.45) is 1.77. The summed E-state index contributed by atoms with van der Waals surface area (Å²) in [5, 5.41) is 10.9. The van der Waals surface area contributed by atoms with Gasteiger partial charge >= 0.3 is 0 Å². The van der Waals surface area contributed by atoms with Gasteiger partial charge in [0.15, 0.2) is 0 Å². The Hall–Kier alpha value is -0.810. The highest BCUT2D eigenvalue weighted by Gasteiger charge is 2.26. The third-order valence-corrected chi connectivity index (χ3v) is 5.13. The number of piperidine rings is 1. The van der Waals surface area contributed by atoms with Crippen molar-refractivity contribution < 1.29 is 9.84 Å². The van der Waals surface area contributed by atoms with Crippen molar-refractivity contribution in [1.29, 1.82) is 0 Å². The number of rotatable bonds is 6. The number of likely N-dealkylation sites (tertiary alicyclic amines) is 1. The van der Waals surface area contributed by atoms with Crippen LogP contribution in [0, 0.1) is 6.92 Å². The van der Waals surface area contributed by atoms with Crippen LogP contribution in [0.25, 0.3) is 0 Å². The summed E-state index contributed by atoms with van der Waals surface area (Å²) in [5.41, 5.74) is 1.09. The average molecular weight is 341 g/mol. The van der Waals surface area contributed by atoms with Gasteiger partial charge in [0.05, 0.1) is 5.02 Å². The van der Waals surface area contributed by atoms with Gasteiger partial charge in [-0.3, -0.25) is 0 Å². The molecule has 0 amide bonds. The van der Waals surface area contributed by atoms with Gasteiger partial charge < -0.3 is 19.6 Å². The van der Waals surface area contributed by atoms with Gasteiger partial charge in [0.25, 0.3) is 0 Å². The maximum atomic E-state index is 10.3. The van der Waals surface area contributed by atoms with E-state index in [4.69, 9.17) is 16.3 Å². The number of aliphatic hydroxyl groups is 1. The number of hydrogen-bond acceptors (Lipinski definition) is 4. The van der Waals surface area contributed by atoms with Gasteiger partial charge in [0, 0.05) is 18.6 Å². The Morgan fingerprint density at radius 1 is 1.48 bits per heavy atom. The predicted octanol–water partition coefficient (Wildman–Crippen LogP) is 2.80. The van der Waals surface area contributed by atoms with Crippen LogP contribution in [0.15, 0.2) is 18.2 Å². The number of hydrogen-bond donors (Lipinski definition) is 1. The number of aliphatic hydroxyl groups excluding tert-OH is 1. The molecule has 1 aliphatic heterocycles. The van der Waals surface area contributed by atoms with Crippen molar-refractivity contribution in [2.45, 2.75) is 44.9 Å². The van der Waals surface area contributed by atoms with Crippen LogP contribution >= 0.6 is 11.6 Å². The molecule has 1 heterocycles. The van der Waals surface area contributed by atoms with E-state index in [1.165, 1.54) is 0 Å². The van der Waals surface area contributed by atoms with Crippen LogP contribution in [-0.4, -0.2) is 66.9 Å². The molecule has 0 bridgehead atoms. The monoisotopic (exact) mass is 340 g/mol. The van der Waals surface area contributed by atoms with Gasteiger partial charge in [0.2, 0.25) is 0 Å². The van der Waals surface area contributed by atoms with Crippen molar-refractivity contribution in [3.63, 3.8) is 0 Å². The number of ether oxygens (including phenoxy) is 1. The molecule has 1 saturated heterocycles. The average Bonchev–Trinajstić information content (AvgIpc) is 2.50. The Kier molecular flexibility index (Phi) is 6.72. The van der Waals surface area contributed by atoms with E-state index in [9.17, 15) is 5.11 Å².